The number of likely N-dealkylation sites (tertiary alicyclic amines) is 1. The molecule has 34 heavy (non-hydrogen) atoms. The normalized spacial score (nSPS) is 20.3. The Balaban J connectivity index is 1.28. The lowest BCUT2D eigenvalue weighted by Gasteiger charge is -2.32. The average molecular weight is 486 g/mol. The van der Waals surface area contributed by atoms with Crippen LogP contribution in [0.4, 0.5) is 15.9 Å². The molecule has 0 saturated carbocycles. The molecule has 180 valence electrons. The monoisotopic (exact) mass is 485 g/mol. The molecule has 0 bridgehead atoms. The fourth-order valence-electron chi connectivity index (χ4n) is 5.06. The van der Waals surface area contributed by atoms with Crippen LogP contribution in [0.3, 0.4) is 0 Å². The van der Waals surface area contributed by atoms with Crippen LogP contribution in [0, 0.1) is 11.7 Å². The van der Waals surface area contributed by atoms with Gasteiger partial charge in [-0.15, -0.1) is 0 Å². The molecule has 2 aliphatic heterocycles. The van der Waals surface area contributed by atoms with Gasteiger partial charge in [-0.1, -0.05) is 11.6 Å². The van der Waals surface area contributed by atoms with E-state index in [1.165, 1.54) is 37.8 Å². The molecule has 0 aliphatic carbocycles. The maximum Gasteiger partial charge on any atom is 0.162 e. The fourth-order valence-corrected chi connectivity index (χ4v) is 5.24. The van der Waals surface area contributed by atoms with Crippen molar-refractivity contribution in [2.45, 2.75) is 25.3 Å². The van der Waals surface area contributed by atoms with Gasteiger partial charge in [-0.3, -0.25) is 4.90 Å². The summed E-state index contributed by atoms with van der Waals surface area (Å²) < 4.78 is 25.2. The zero-order chi connectivity index (χ0) is 23.5. The van der Waals surface area contributed by atoms with Crippen molar-refractivity contribution < 1.29 is 13.9 Å². The van der Waals surface area contributed by atoms with Crippen molar-refractivity contribution in [3.05, 3.63) is 47.5 Å². The van der Waals surface area contributed by atoms with Crippen molar-refractivity contribution in [3.63, 3.8) is 0 Å². The molecule has 9 heteroatoms. The number of fused-ring (bicyclic) bond motifs is 2. The van der Waals surface area contributed by atoms with Gasteiger partial charge in [0, 0.05) is 29.7 Å². The van der Waals surface area contributed by atoms with E-state index in [4.69, 9.17) is 21.1 Å². The summed E-state index contributed by atoms with van der Waals surface area (Å²) in [4.78, 5) is 11.4. The number of nitrogens with one attached hydrogen (secondary N) is 2. The van der Waals surface area contributed by atoms with Crippen molar-refractivity contribution >= 4 is 34.0 Å². The van der Waals surface area contributed by atoms with E-state index in [-0.39, 0.29) is 5.02 Å². The van der Waals surface area contributed by atoms with Crippen LogP contribution in [0.1, 0.15) is 19.3 Å². The van der Waals surface area contributed by atoms with E-state index in [1.54, 1.807) is 13.2 Å². The second-order valence-electron chi connectivity index (χ2n) is 8.84. The molecule has 2 fully saturated rings. The Bertz CT molecular complexity index is 1160. The van der Waals surface area contributed by atoms with Gasteiger partial charge in [-0.05, 0) is 69.1 Å². The maximum absolute atomic E-state index is 13.5. The summed E-state index contributed by atoms with van der Waals surface area (Å²) in [5, 5.41) is 7.53. The molecule has 2 unspecified atom stereocenters. The number of methoxy groups -OCH3 is 1. The third kappa shape index (κ3) is 4.89. The number of hydrogen-bond acceptors (Lipinski definition) is 7. The van der Waals surface area contributed by atoms with E-state index in [2.05, 4.69) is 25.5 Å². The Morgan fingerprint density at radius 3 is 2.97 bits per heavy atom. The molecule has 0 spiro atoms. The molecule has 3 aromatic rings. The van der Waals surface area contributed by atoms with Gasteiger partial charge < -0.3 is 20.1 Å². The minimum absolute atomic E-state index is 0.0443. The van der Waals surface area contributed by atoms with Gasteiger partial charge >= 0.3 is 0 Å². The molecule has 2 aromatic carbocycles. The number of piperidine rings is 1. The van der Waals surface area contributed by atoms with Gasteiger partial charge in [-0.25, -0.2) is 14.4 Å². The molecule has 2 atom stereocenters. The lowest BCUT2D eigenvalue weighted by atomic mass is 9.94. The third-order valence-corrected chi connectivity index (χ3v) is 7.06. The number of rotatable bonds is 8. The molecular weight excluding hydrogens is 457 g/mol. The molecule has 0 radical (unpaired) electrons. The Morgan fingerprint density at radius 2 is 2.12 bits per heavy atom. The highest BCUT2D eigenvalue weighted by Crippen LogP contribution is 2.35. The minimum atomic E-state index is -0.468. The lowest BCUT2D eigenvalue weighted by molar-refractivity contribution is 0.176. The smallest absolute Gasteiger partial charge is 0.162 e. The summed E-state index contributed by atoms with van der Waals surface area (Å²) in [6, 6.07) is 8.90. The summed E-state index contributed by atoms with van der Waals surface area (Å²) in [7, 11) is 1.62. The van der Waals surface area contributed by atoms with E-state index in [1.807, 2.05) is 12.1 Å². The Morgan fingerprint density at radius 1 is 1.21 bits per heavy atom. The van der Waals surface area contributed by atoms with Crippen molar-refractivity contribution in [2.24, 2.45) is 5.92 Å². The van der Waals surface area contributed by atoms with E-state index in [9.17, 15) is 4.39 Å². The van der Waals surface area contributed by atoms with E-state index >= 15 is 0 Å². The van der Waals surface area contributed by atoms with Crippen molar-refractivity contribution in [2.75, 3.05) is 45.2 Å². The molecule has 0 amide bonds. The standard InChI is InChI=1S/C25H29ClFN5O2/c1-33-23-13-21-18(25(30-15-29-21)31-17-3-4-20(27)19(26)11-17)12-24(23)34-10-2-8-32-9-6-16-14-28-7-5-22(16)32/h3-4,11-13,15-16,22,28H,2,5-10,14H2,1H3,(H,29,30,31). The van der Waals surface area contributed by atoms with E-state index in [0.717, 1.165) is 37.4 Å². The number of benzene rings is 2. The number of nitrogens with zero attached hydrogens (tertiary/aromatic N) is 3. The molecular formula is C25H29ClFN5O2. The largest absolute Gasteiger partial charge is 0.493 e. The van der Waals surface area contributed by atoms with Crippen LogP contribution in [0.2, 0.25) is 5.02 Å². The molecule has 2 N–H and O–H groups in total. The average Bonchev–Trinajstić information content (AvgIpc) is 3.27. The van der Waals surface area contributed by atoms with Crippen LogP contribution in [0.25, 0.3) is 10.9 Å². The predicted octanol–water partition coefficient (Wildman–Crippen LogP) is 4.63. The second-order valence-corrected chi connectivity index (χ2v) is 9.25. The minimum Gasteiger partial charge on any atom is -0.493 e. The summed E-state index contributed by atoms with van der Waals surface area (Å²) in [5.41, 5.74) is 1.34. The quantitative estimate of drug-likeness (QED) is 0.451. The molecule has 5 rings (SSSR count). The van der Waals surface area contributed by atoms with Crippen molar-refractivity contribution in [3.8, 4) is 11.5 Å². The highest BCUT2D eigenvalue weighted by Gasteiger charge is 2.35. The first-order chi connectivity index (χ1) is 16.6. The highest BCUT2D eigenvalue weighted by molar-refractivity contribution is 6.31. The first-order valence-corrected chi connectivity index (χ1v) is 12.1. The van der Waals surface area contributed by atoms with Crippen LogP contribution in [0.15, 0.2) is 36.7 Å². The predicted molar refractivity (Wildman–Crippen MR) is 132 cm³/mol. The van der Waals surface area contributed by atoms with E-state index in [0.29, 0.717) is 41.2 Å². The zero-order valence-electron chi connectivity index (χ0n) is 19.2. The summed E-state index contributed by atoms with van der Waals surface area (Å²) in [5.74, 6) is 2.17. The molecule has 2 aliphatic rings. The van der Waals surface area contributed by atoms with Crippen LogP contribution < -0.4 is 20.1 Å². The maximum atomic E-state index is 13.5. The van der Waals surface area contributed by atoms with Crippen LogP contribution in [0.5, 0.6) is 11.5 Å². The Hall–Kier alpha value is -2.68. The molecule has 7 nitrogen and oxygen atoms in total. The number of anilines is 2. The zero-order valence-corrected chi connectivity index (χ0v) is 19.9. The lowest BCUT2D eigenvalue weighted by Crippen LogP contribution is -2.44. The summed E-state index contributed by atoms with van der Waals surface area (Å²) in [6.45, 7) is 5.08. The molecule has 2 saturated heterocycles. The SMILES string of the molecule is COc1cc2ncnc(Nc3ccc(F)c(Cl)c3)c2cc1OCCCN1CCC2CNCCC21. The number of aromatic nitrogens is 2. The number of hydrogen-bond donors (Lipinski definition) is 2. The Kier molecular flexibility index (Phi) is 6.99. The van der Waals surface area contributed by atoms with Gasteiger partial charge in [-0.2, -0.15) is 0 Å². The van der Waals surface area contributed by atoms with E-state index < -0.39 is 5.82 Å². The topological polar surface area (TPSA) is 71.5 Å². The second kappa shape index (κ2) is 10.3. The van der Waals surface area contributed by atoms with Gasteiger partial charge in [0.15, 0.2) is 11.5 Å². The summed E-state index contributed by atoms with van der Waals surface area (Å²) in [6.07, 6.45) is 4.94. The molecule has 1 aromatic heterocycles. The third-order valence-electron chi connectivity index (χ3n) is 6.77. The first-order valence-electron chi connectivity index (χ1n) is 11.7. The van der Waals surface area contributed by atoms with Gasteiger partial charge in [0.1, 0.15) is 18.0 Å². The van der Waals surface area contributed by atoms with Gasteiger partial charge in [0.05, 0.1) is 24.3 Å². The molecule has 3 heterocycles. The van der Waals surface area contributed by atoms with Crippen LogP contribution >= 0.6 is 11.6 Å². The highest BCUT2D eigenvalue weighted by atomic mass is 35.5. The van der Waals surface area contributed by atoms with Crippen molar-refractivity contribution in [1.29, 1.82) is 0 Å². The fraction of sp³-hybridized carbons (Fsp3) is 0.440. The Labute approximate surface area is 203 Å². The number of ether oxygens (including phenoxy) is 2. The van der Waals surface area contributed by atoms with Gasteiger partial charge in [0.2, 0.25) is 0 Å². The number of halogens is 2. The van der Waals surface area contributed by atoms with Crippen LogP contribution in [-0.4, -0.2) is 60.8 Å². The first kappa shape index (κ1) is 23.1. The van der Waals surface area contributed by atoms with Crippen LogP contribution in [-0.2, 0) is 0 Å². The summed E-state index contributed by atoms with van der Waals surface area (Å²) >= 11 is 5.93. The van der Waals surface area contributed by atoms with Crippen molar-refractivity contribution in [1.82, 2.24) is 20.2 Å². The van der Waals surface area contributed by atoms with Gasteiger partial charge in [0.25, 0.3) is 0 Å².